The summed E-state index contributed by atoms with van der Waals surface area (Å²) in [5.74, 6) is 2.50. The standard InChI is InChI=1S/C13H23N5/c1-10-5-7-18(11(8-10)9-14)12-4-6-15-13(16-12)17(2)3/h4,6,10-11H,5,7-9,14H2,1-3H3. The molecular weight excluding hydrogens is 226 g/mol. The molecule has 1 aromatic heterocycles. The van der Waals surface area contributed by atoms with E-state index in [1.165, 1.54) is 6.42 Å². The van der Waals surface area contributed by atoms with E-state index in [1.807, 2.05) is 31.3 Å². The van der Waals surface area contributed by atoms with Crippen molar-refractivity contribution in [1.82, 2.24) is 9.97 Å². The van der Waals surface area contributed by atoms with Crippen molar-refractivity contribution in [2.75, 3.05) is 37.0 Å². The minimum Gasteiger partial charge on any atom is -0.352 e. The molecule has 5 heteroatoms. The molecule has 0 amide bonds. The third kappa shape index (κ3) is 2.72. The summed E-state index contributed by atoms with van der Waals surface area (Å²) in [6.45, 7) is 4.02. The normalized spacial score (nSPS) is 24.1. The lowest BCUT2D eigenvalue weighted by Gasteiger charge is -2.38. The van der Waals surface area contributed by atoms with Crippen LogP contribution in [0.5, 0.6) is 0 Å². The van der Waals surface area contributed by atoms with Crippen LogP contribution < -0.4 is 15.5 Å². The molecule has 1 fully saturated rings. The Balaban J connectivity index is 2.21. The maximum absolute atomic E-state index is 5.90. The zero-order valence-electron chi connectivity index (χ0n) is 11.5. The van der Waals surface area contributed by atoms with Gasteiger partial charge < -0.3 is 15.5 Å². The molecule has 18 heavy (non-hydrogen) atoms. The lowest BCUT2D eigenvalue weighted by Crippen LogP contribution is -2.46. The zero-order valence-corrected chi connectivity index (χ0v) is 11.5. The Morgan fingerprint density at radius 2 is 2.28 bits per heavy atom. The minimum absolute atomic E-state index is 0.402. The van der Waals surface area contributed by atoms with Gasteiger partial charge in [0.15, 0.2) is 0 Å². The van der Waals surface area contributed by atoms with Crippen LogP contribution in [0.1, 0.15) is 19.8 Å². The maximum Gasteiger partial charge on any atom is 0.226 e. The van der Waals surface area contributed by atoms with Gasteiger partial charge in [0, 0.05) is 39.4 Å². The lowest BCUT2D eigenvalue weighted by atomic mass is 9.92. The molecule has 0 radical (unpaired) electrons. The van der Waals surface area contributed by atoms with Crippen molar-refractivity contribution >= 4 is 11.8 Å². The molecule has 2 rings (SSSR count). The molecule has 1 aliphatic rings. The number of nitrogens with zero attached hydrogens (tertiary/aromatic N) is 4. The van der Waals surface area contributed by atoms with Gasteiger partial charge in [-0.3, -0.25) is 0 Å². The first kappa shape index (κ1) is 13.1. The van der Waals surface area contributed by atoms with Crippen LogP contribution in [0, 0.1) is 5.92 Å². The van der Waals surface area contributed by atoms with E-state index in [4.69, 9.17) is 5.73 Å². The van der Waals surface area contributed by atoms with Gasteiger partial charge in [0.1, 0.15) is 5.82 Å². The fourth-order valence-corrected chi connectivity index (χ4v) is 2.49. The number of rotatable bonds is 3. The highest BCUT2D eigenvalue weighted by atomic mass is 15.3. The SMILES string of the molecule is CC1CCN(c2ccnc(N(C)C)n2)C(CN)C1. The molecule has 1 aliphatic heterocycles. The Morgan fingerprint density at radius 1 is 1.50 bits per heavy atom. The summed E-state index contributed by atoms with van der Waals surface area (Å²) < 4.78 is 0. The van der Waals surface area contributed by atoms with E-state index in [0.29, 0.717) is 12.6 Å². The molecule has 0 spiro atoms. The van der Waals surface area contributed by atoms with Gasteiger partial charge in [-0.2, -0.15) is 4.98 Å². The fourth-order valence-electron chi connectivity index (χ4n) is 2.49. The lowest BCUT2D eigenvalue weighted by molar-refractivity contribution is 0.365. The van der Waals surface area contributed by atoms with Crippen LogP contribution in [0.15, 0.2) is 12.3 Å². The topological polar surface area (TPSA) is 58.3 Å². The first-order valence-electron chi connectivity index (χ1n) is 6.59. The van der Waals surface area contributed by atoms with Gasteiger partial charge >= 0.3 is 0 Å². The summed E-state index contributed by atoms with van der Waals surface area (Å²) in [5.41, 5.74) is 5.90. The van der Waals surface area contributed by atoms with Crippen molar-refractivity contribution in [3.05, 3.63) is 12.3 Å². The van der Waals surface area contributed by atoms with Crippen molar-refractivity contribution in [2.45, 2.75) is 25.8 Å². The molecule has 0 aliphatic carbocycles. The van der Waals surface area contributed by atoms with E-state index in [0.717, 1.165) is 30.6 Å². The largest absolute Gasteiger partial charge is 0.352 e. The number of nitrogens with two attached hydrogens (primary N) is 1. The zero-order chi connectivity index (χ0) is 13.1. The van der Waals surface area contributed by atoms with Gasteiger partial charge in [-0.25, -0.2) is 4.98 Å². The predicted molar refractivity (Wildman–Crippen MR) is 74.9 cm³/mol. The summed E-state index contributed by atoms with van der Waals surface area (Å²) >= 11 is 0. The van der Waals surface area contributed by atoms with Crippen molar-refractivity contribution in [3.8, 4) is 0 Å². The van der Waals surface area contributed by atoms with Gasteiger partial charge in [-0.15, -0.1) is 0 Å². The molecule has 2 N–H and O–H groups in total. The number of piperidine rings is 1. The van der Waals surface area contributed by atoms with Gasteiger partial charge in [-0.05, 0) is 24.8 Å². The van der Waals surface area contributed by atoms with E-state index in [-0.39, 0.29) is 0 Å². The molecular formula is C13H23N5. The molecule has 5 nitrogen and oxygen atoms in total. The van der Waals surface area contributed by atoms with Crippen LogP contribution in [0.4, 0.5) is 11.8 Å². The van der Waals surface area contributed by atoms with Crippen molar-refractivity contribution in [3.63, 3.8) is 0 Å². The van der Waals surface area contributed by atoms with Crippen molar-refractivity contribution in [1.29, 1.82) is 0 Å². The van der Waals surface area contributed by atoms with E-state index >= 15 is 0 Å². The number of aromatic nitrogens is 2. The van der Waals surface area contributed by atoms with Crippen LogP contribution in [-0.2, 0) is 0 Å². The quantitative estimate of drug-likeness (QED) is 0.869. The highest BCUT2D eigenvalue weighted by molar-refractivity contribution is 5.44. The average Bonchev–Trinajstić information content (AvgIpc) is 2.38. The molecule has 0 saturated carbocycles. The molecule has 1 saturated heterocycles. The second-order valence-corrected chi connectivity index (χ2v) is 5.32. The van der Waals surface area contributed by atoms with E-state index in [9.17, 15) is 0 Å². The fraction of sp³-hybridized carbons (Fsp3) is 0.692. The number of hydrogen-bond donors (Lipinski definition) is 1. The Kier molecular flexibility index (Phi) is 4.01. The summed E-state index contributed by atoms with van der Waals surface area (Å²) in [7, 11) is 3.91. The Morgan fingerprint density at radius 3 is 2.94 bits per heavy atom. The van der Waals surface area contributed by atoms with Gasteiger partial charge in [0.05, 0.1) is 0 Å². The third-order valence-corrected chi connectivity index (χ3v) is 3.57. The molecule has 2 atom stereocenters. The minimum atomic E-state index is 0.402. The molecule has 2 heterocycles. The molecule has 0 aromatic carbocycles. The van der Waals surface area contributed by atoms with Crippen LogP contribution in [-0.4, -0.2) is 43.2 Å². The third-order valence-electron chi connectivity index (χ3n) is 3.57. The molecule has 100 valence electrons. The smallest absolute Gasteiger partial charge is 0.226 e. The summed E-state index contributed by atoms with van der Waals surface area (Å²) in [6.07, 6.45) is 4.18. The number of anilines is 2. The summed E-state index contributed by atoms with van der Waals surface area (Å²) in [6, 6.07) is 2.38. The molecule has 0 bridgehead atoms. The summed E-state index contributed by atoms with van der Waals surface area (Å²) in [5, 5.41) is 0. The number of hydrogen-bond acceptors (Lipinski definition) is 5. The first-order valence-corrected chi connectivity index (χ1v) is 6.59. The van der Waals surface area contributed by atoms with Crippen LogP contribution in [0.3, 0.4) is 0 Å². The van der Waals surface area contributed by atoms with Crippen molar-refractivity contribution < 1.29 is 0 Å². The van der Waals surface area contributed by atoms with E-state index in [2.05, 4.69) is 21.8 Å². The van der Waals surface area contributed by atoms with Crippen LogP contribution in [0.25, 0.3) is 0 Å². The first-order chi connectivity index (χ1) is 8.61. The average molecular weight is 249 g/mol. The second-order valence-electron chi connectivity index (χ2n) is 5.32. The summed E-state index contributed by atoms with van der Waals surface area (Å²) in [4.78, 5) is 13.1. The molecule has 2 unspecified atom stereocenters. The Bertz CT molecular complexity index is 393. The molecule has 1 aromatic rings. The highest BCUT2D eigenvalue weighted by Gasteiger charge is 2.26. The van der Waals surface area contributed by atoms with E-state index < -0.39 is 0 Å². The van der Waals surface area contributed by atoms with Crippen LogP contribution >= 0.6 is 0 Å². The van der Waals surface area contributed by atoms with Gasteiger partial charge in [-0.1, -0.05) is 6.92 Å². The highest BCUT2D eigenvalue weighted by Crippen LogP contribution is 2.26. The Labute approximate surface area is 109 Å². The monoisotopic (exact) mass is 249 g/mol. The predicted octanol–water partition coefficient (Wildman–Crippen LogP) is 1.11. The Hall–Kier alpha value is -1.36. The van der Waals surface area contributed by atoms with E-state index in [1.54, 1.807) is 0 Å². The maximum atomic E-state index is 5.90. The second kappa shape index (κ2) is 5.52. The van der Waals surface area contributed by atoms with Gasteiger partial charge in [0.2, 0.25) is 5.95 Å². The van der Waals surface area contributed by atoms with Crippen molar-refractivity contribution in [2.24, 2.45) is 11.7 Å². The van der Waals surface area contributed by atoms with Crippen LogP contribution in [0.2, 0.25) is 0 Å². The van der Waals surface area contributed by atoms with Gasteiger partial charge in [0.25, 0.3) is 0 Å².